The van der Waals surface area contributed by atoms with E-state index >= 15 is 0 Å². The Morgan fingerprint density at radius 1 is 1.41 bits per heavy atom. The second kappa shape index (κ2) is 7.64. The van der Waals surface area contributed by atoms with Crippen molar-refractivity contribution < 1.29 is 8.42 Å². The van der Waals surface area contributed by atoms with E-state index < -0.39 is 15.3 Å². The van der Waals surface area contributed by atoms with Crippen molar-refractivity contribution >= 4 is 10.0 Å². The lowest BCUT2D eigenvalue weighted by Gasteiger charge is -2.20. The van der Waals surface area contributed by atoms with Gasteiger partial charge in [0.25, 0.3) is 0 Å². The van der Waals surface area contributed by atoms with Crippen LogP contribution >= 0.6 is 0 Å². The summed E-state index contributed by atoms with van der Waals surface area (Å²) in [4.78, 5) is 2.15. The maximum absolute atomic E-state index is 11.6. The van der Waals surface area contributed by atoms with Crippen LogP contribution in [0.4, 0.5) is 0 Å². The molecule has 0 aliphatic heterocycles. The smallest absolute Gasteiger partial charge is 0.227 e. The Balaban J connectivity index is 4.01. The number of hydrogen-bond donors (Lipinski definition) is 1. The van der Waals surface area contributed by atoms with E-state index in [1.54, 1.807) is 13.0 Å². The van der Waals surface area contributed by atoms with E-state index in [0.29, 0.717) is 19.0 Å². The predicted octanol–water partition coefficient (Wildman–Crippen LogP) is 0.938. The maximum Gasteiger partial charge on any atom is 0.227 e. The van der Waals surface area contributed by atoms with Crippen LogP contribution in [0.3, 0.4) is 0 Å². The molecule has 0 aromatic rings. The minimum atomic E-state index is -3.47. The van der Waals surface area contributed by atoms with E-state index in [1.807, 2.05) is 7.05 Å². The summed E-state index contributed by atoms with van der Waals surface area (Å²) in [5.41, 5.74) is 0. The Morgan fingerprint density at radius 2 is 2.00 bits per heavy atom. The molecule has 100 valence electrons. The van der Waals surface area contributed by atoms with Crippen molar-refractivity contribution in [3.05, 3.63) is 0 Å². The minimum absolute atomic E-state index is 0.317. The van der Waals surface area contributed by atoms with Gasteiger partial charge in [-0.3, -0.25) is 0 Å². The van der Waals surface area contributed by atoms with Gasteiger partial charge in [-0.1, -0.05) is 6.92 Å². The highest BCUT2D eigenvalue weighted by Crippen LogP contribution is 2.02. The van der Waals surface area contributed by atoms with Crippen molar-refractivity contribution in [3.8, 4) is 6.07 Å². The Kier molecular flexibility index (Phi) is 7.35. The monoisotopic (exact) mass is 261 g/mol. The molecule has 0 rings (SSSR count). The van der Waals surface area contributed by atoms with Crippen molar-refractivity contribution in [2.75, 3.05) is 20.1 Å². The van der Waals surface area contributed by atoms with Gasteiger partial charge in [0.15, 0.2) is 5.25 Å². The lowest BCUT2D eigenvalue weighted by molar-refractivity contribution is 0.271. The largest absolute Gasteiger partial charge is 0.304 e. The minimum Gasteiger partial charge on any atom is -0.304 e. The molecule has 1 unspecified atom stereocenters. The average Bonchev–Trinajstić information content (AvgIpc) is 2.25. The molecule has 1 N–H and O–H groups in total. The zero-order valence-electron chi connectivity index (χ0n) is 11.1. The van der Waals surface area contributed by atoms with E-state index in [-0.39, 0.29) is 0 Å². The van der Waals surface area contributed by atoms with Crippen LogP contribution in [-0.2, 0) is 10.0 Å². The van der Waals surface area contributed by atoms with E-state index in [9.17, 15) is 8.42 Å². The summed E-state index contributed by atoms with van der Waals surface area (Å²) in [7, 11) is -1.47. The molecule has 0 aromatic carbocycles. The van der Waals surface area contributed by atoms with Crippen LogP contribution in [0.25, 0.3) is 0 Å². The van der Waals surface area contributed by atoms with Crippen molar-refractivity contribution in [3.63, 3.8) is 0 Å². The van der Waals surface area contributed by atoms with E-state index in [0.717, 1.165) is 13.0 Å². The Morgan fingerprint density at radius 3 is 2.41 bits per heavy atom. The third-order valence-electron chi connectivity index (χ3n) is 2.76. The Labute approximate surface area is 105 Å². The summed E-state index contributed by atoms with van der Waals surface area (Å²) in [6, 6.07) is 2.25. The standard InChI is InChI=1S/C11H23N3O2S/c1-5-11(9-12)17(15,16)13-7-6-8-14(4)10(2)3/h10-11,13H,5-8H2,1-4H3. The quantitative estimate of drug-likeness (QED) is 0.660. The molecule has 0 spiro atoms. The van der Waals surface area contributed by atoms with Crippen LogP contribution in [0, 0.1) is 11.3 Å². The normalized spacial score (nSPS) is 13.9. The third-order valence-corrected chi connectivity index (χ3v) is 4.56. The predicted molar refractivity (Wildman–Crippen MR) is 69.0 cm³/mol. The number of hydrogen-bond acceptors (Lipinski definition) is 4. The van der Waals surface area contributed by atoms with Gasteiger partial charge in [0.2, 0.25) is 10.0 Å². The second-order valence-corrected chi connectivity index (χ2v) is 6.34. The number of nitriles is 1. The highest BCUT2D eigenvalue weighted by Gasteiger charge is 2.22. The molecule has 0 radical (unpaired) electrons. The lowest BCUT2D eigenvalue weighted by atomic mass is 10.3. The van der Waals surface area contributed by atoms with Gasteiger partial charge in [0.1, 0.15) is 0 Å². The van der Waals surface area contributed by atoms with Crippen LogP contribution < -0.4 is 4.72 Å². The molecule has 0 aliphatic rings. The van der Waals surface area contributed by atoms with E-state index in [4.69, 9.17) is 5.26 Å². The zero-order valence-corrected chi connectivity index (χ0v) is 11.9. The first-order chi connectivity index (χ1) is 7.85. The van der Waals surface area contributed by atoms with Crippen LogP contribution in [0.1, 0.15) is 33.6 Å². The fraction of sp³-hybridized carbons (Fsp3) is 0.909. The van der Waals surface area contributed by atoms with Gasteiger partial charge < -0.3 is 4.90 Å². The van der Waals surface area contributed by atoms with Gasteiger partial charge in [-0.15, -0.1) is 0 Å². The zero-order chi connectivity index (χ0) is 13.5. The Hall–Kier alpha value is -0.640. The van der Waals surface area contributed by atoms with Gasteiger partial charge in [-0.05, 0) is 40.3 Å². The molecule has 17 heavy (non-hydrogen) atoms. The fourth-order valence-electron chi connectivity index (χ4n) is 1.28. The summed E-state index contributed by atoms with van der Waals surface area (Å²) in [6.07, 6.45) is 1.06. The average molecular weight is 261 g/mol. The second-order valence-electron chi connectivity index (χ2n) is 4.39. The fourth-order valence-corrected chi connectivity index (χ4v) is 2.49. The van der Waals surface area contributed by atoms with Crippen molar-refractivity contribution in [1.82, 2.24) is 9.62 Å². The lowest BCUT2D eigenvalue weighted by Crippen LogP contribution is -2.35. The topological polar surface area (TPSA) is 73.2 Å². The summed E-state index contributed by atoms with van der Waals surface area (Å²) in [5, 5.41) is 7.76. The SMILES string of the molecule is CCC(C#N)S(=O)(=O)NCCCN(C)C(C)C. The molecule has 0 bridgehead atoms. The summed E-state index contributed by atoms with van der Waals surface area (Å²) in [5.74, 6) is 0. The number of sulfonamides is 1. The van der Waals surface area contributed by atoms with E-state index in [2.05, 4.69) is 23.5 Å². The first-order valence-corrected chi connectivity index (χ1v) is 7.48. The summed E-state index contributed by atoms with van der Waals surface area (Å²) < 4.78 is 25.7. The van der Waals surface area contributed by atoms with Gasteiger partial charge in [0.05, 0.1) is 6.07 Å². The first kappa shape index (κ1) is 16.4. The van der Waals surface area contributed by atoms with Crippen LogP contribution in [-0.4, -0.2) is 44.7 Å². The molecule has 0 fully saturated rings. The third kappa shape index (κ3) is 6.01. The maximum atomic E-state index is 11.6. The van der Waals surface area contributed by atoms with E-state index in [1.165, 1.54) is 0 Å². The van der Waals surface area contributed by atoms with Gasteiger partial charge in [0, 0.05) is 12.6 Å². The summed E-state index contributed by atoms with van der Waals surface area (Å²) in [6.45, 7) is 7.10. The molecule has 6 heteroatoms. The molecule has 0 saturated heterocycles. The molecule has 0 aromatic heterocycles. The molecule has 0 heterocycles. The first-order valence-electron chi connectivity index (χ1n) is 5.93. The van der Waals surface area contributed by atoms with Crippen LogP contribution in [0.2, 0.25) is 0 Å². The summed E-state index contributed by atoms with van der Waals surface area (Å²) >= 11 is 0. The van der Waals surface area contributed by atoms with Gasteiger partial charge >= 0.3 is 0 Å². The molecule has 5 nitrogen and oxygen atoms in total. The van der Waals surface area contributed by atoms with Crippen molar-refractivity contribution in [2.45, 2.75) is 44.9 Å². The Bertz CT molecular complexity index is 346. The van der Waals surface area contributed by atoms with Crippen molar-refractivity contribution in [1.29, 1.82) is 5.26 Å². The molecule has 1 atom stereocenters. The molecule has 0 amide bonds. The number of rotatable bonds is 8. The molecule has 0 saturated carbocycles. The molecule has 0 aliphatic carbocycles. The number of nitrogens with one attached hydrogen (secondary N) is 1. The van der Waals surface area contributed by atoms with Crippen LogP contribution in [0.15, 0.2) is 0 Å². The highest BCUT2D eigenvalue weighted by atomic mass is 32.2. The van der Waals surface area contributed by atoms with Gasteiger partial charge in [-0.2, -0.15) is 5.26 Å². The molecular weight excluding hydrogens is 238 g/mol. The number of nitrogens with zero attached hydrogens (tertiary/aromatic N) is 2. The van der Waals surface area contributed by atoms with Crippen molar-refractivity contribution in [2.24, 2.45) is 0 Å². The van der Waals surface area contributed by atoms with Crippen LogP contribution in [0.5, 0.6) is 0 Å². The van der Waals surface area contributed by atoms with Gasteiger partial charge in [-0.25, -0.2) is 13.1 Å². The highest BCUT2D eigenvalue weighted by molar-refractivity contribution is 7.90. The molecular formula is C11H23N3O2S.